The Morgan fingerprint density at radius 2 is 2.04 bits per heavy atom. The van der Waals surface area contributed by atoms with Gasteiger partial charge in [0.25, 0.3) is 0 Å². The van der Waals surface area contributed by atoms with E-state index in [-0.39, 0.29) is 11.8 Å². The normalized spacial score (nSPS) is 16.2. The van der Waals surface area contributed by atoms with Gasteiger partial charge < -0.3 is 10.1 Å². The molecule has 1 aromatic carbocycles. The lowest BCUT2D eigenvalue weighted by molar-refractivity contribution is -0.121. The quantitative estimate of drug-likeness (QED) is 0.648. The van der Waals surface area contributed by atoms with Gasteiger partial charge in [0.2, 0.25) is 5.91 Å². The third-order valence-electron chi connectivity index (χ3n) is 4.65. The molecule has 1 atom stereocenters. The summed E-state index contributed by atoms with van der Waals surface area (Å²) in [5, 5.41) is 14.9. The predicted molar refractivity (Wildman–Crippen MR) is 102 cm³/mol. The van der Waals surface area contributed by atoms with Crippen LogP contribution in [0, 0.1) is 0 Å². The summed E-state index contributed by atoms with van der Waals surface area (Å²) in [6.07, 6.45) is 2.87. The number of nitrogens with one attached hydrogen (secondary N) is 1. The summed E-state index contributed by atoms with van der Waals surface area (Å²) in [6, 6.07) is 7.57. The molecule has 27 heavy (non-hydrogen) atoms. The van der Waals surface area contributed by atoms with E-state index in [9.17, 15) is 4.79 Å². The van der Waals surface area contributed by atoms with Crippen molar-refractivity contribution in [2.45, 2.75) is 25.3 Å². The van der Waals surface area contributed by atoms with Gasteiger partial charge in [0.15, 0.2) is 0 Å². The Balaban J connectivity index is 1.48. The minimum absolute atomic E-state index is 0.0231. The molecular formula is C18H25ClN6O2. The van der Waals surface area contributed by atoms with Crippen LogP contribution in [0.5, 0.6) is 0 Å². The molecule has 8 nitrogen and oxygen atoms in total. The fourth-order valence-corrected chi connectivity index (χ4v) is 3.29. The maximum Gasteiger partial charge on any atom is 0.220 e. The minimum Gasteiger partial charge on any atom is -0.379 e. The van der Waals surface area contributed by atoms with E-state index in [1.165, 1.54) is 0 Å². The molecule has 1 amide bonds. The monoisotopic (exact) mass is 392 g/mol. The van der Waals surface area contributed by atoms with Crippen molar-refractivity contribution in [3.05, 3.63) is 41.2 Å². The first-order valence-corrected chi connectivity index (χ1v) is 9.61. The standard InChI is InChI=1S/C18H25ClN6O2/c19-17-4-2-15(3-5-17)16(13-25-14-21-22-23-25)12-18(26)20-6-1-7-24-8-10-27-11-9-24/h2-5,14,16H,1,6-13H2,(H,20,26)/t16-/m1/s1. The van der Waals surface area contributed by atoms with E-state index in [1.54, 1.807) is 11.0 Å². The fourth-order valence-electron chi connectivity index (χ4n) is 3.16. The highest BCUT2D eigenvalue weighted by Crippen LogP contribution is 2.23. The second-order valence-corrected chi connectivity index (χ2v) is 7.08. The highest BCUT2D eigenvalue weighted by Gasteiger charge is 2.18. The molecule has 1 aliphatic rings. The molecule has 1 fully saturated rings. The summed E-state index contributed by atoms with van der Waals surface area (Å²) in [5.74, 6) is 0.00927. The summed E-state index contributed by atoms with van der Waals surface area (Å²) in [4.78, 5) is 14.8. The van der Waals surface area contributed by atoms with Crippen molar-refractivity contribution in [1.29, 1.82) is 0 Å². The molecule has 1 saturated heterocycles. The van der Waals surface area contributed by atoms with Crippen LogP contribution in [0.3, 0.4) is 0 Å². The summed E-state index contributed by atoms with van der Waals surface area (Å²) in [6.45, 7) is 5.73. The Bertz CT molecular complexity index is 688. The van der Waals surface area contributed by atoms with Gasteiger partial charge in [-0.15, -0.1) is 5.10 Å². The second-order valence-electron chi connectivity index (χ2n) is 6.64. The van der Waals surface area contributed by atoms with E-state index in [1.807, 2.05) is 24.3 Å². The van der Waals surface area contributed by atoms with Gasteiger partial charge in [-0.1, -0.05) is 23.7 Å². The third-order valence-corrected chi connectivity index (χ3v) is 4.90. The number of aromatic nitrogens is 4. The number of hydrogen-bond donors (Lipinski definition) is 1. The van der Waals surface area contributed by atoms with Gasteiger partial charge >= 0.3 is 0 Å². The second kappa shape index (κ2) is 10.3. The molecule has 9 heteroatoms. The molecule has 0 radical (unpaired) electrons. The van der Waals surface area contributed by atoms with Crippen LogP contribution in [0.2, 0.25) is 5.02 Å². The highest BCUT2D eigenvalue weighted by molar-refractivity contribution is 6.30. The van der Waals surface area contributed by atoms with E-state index in [2.05, 4.69) is 25.7 Å². The molecule has 0 aliphatic carbocycles. The zero-order chi connectivity index (χ0) is 18.9. The Kier molecular flexibility index (Phi) is 7.55. The molecule has 0 saturated carbocycles. The van der Waals surface area contributed by atoms with Crippen molar-refractivity contribution in [3.8, 4) is 0 Å². The van der Waals surface area contributed by atoms with E-state index in [0.717, 1.165) is 44.8 Å². The minimum atomic E-state index is -0.0231. The molecule has 0 spiro atoms. The maximum absolute atomic E-state index is 12.4. The number of amides is 1. The van der Waals surface area contributed by atoms with E-state index in [0.29, 0.717) is 24.5 Å². The smallest absolute Gasteiger partial charge is 0.220 e. The van der Waals surface area contributed by atoms with Gasteiger partial charge in [-0.25, -0.2) is 4.68 Å². The average Bonchev–Trinajstić information content (AvgIpc) is 3.19. The number of rotatable bonds is 9. The lowest BCUT2D eigenvalue weighted by Crippen LogP contribution is -2.38. The molecule has 1 N–H and O–H groups in total. The van der Waals surface area contributed by atoms with Gasteiger partial charge in [0.1, 0.15) is 6.33 Å². The van der Waals surface area contributed by atoms with Crippen molar-refractivity contribution < 1.29 is 9.53 Å². The predicted octanol–water partition coefficient (Wildman–Crippen LogP) is 1.34. The number of halogens is 1. The van der Waals surface area contributed by atoms with Crippen LogP contribution >= 0.6 is 11.6 Å². The fraction of sp³-hybridized carbons (Fsp3) is 0.556. The first kappa shape index (κ1) is 19.7. The van der Waals surface area contributed by atoms with E-state index in [4.69, 9.17) is 16.3 Å². The van der Waals surface area contributed by atoms with Crippen molar-refractivity contribution in [3.63, 3.8) is 0 Å². The molecule has 3 rings (SSSR count). The molecule has 0 bridgehead atoms. The molecule has 146 valence electrons. The van der Waals surface area contributed by atoms with Crippen molar-refractivity contribution in [1.82, 2.24) is 30.4 Å². The third kappa shape index (κ3) is 6.57. The molecule has 1 aromatic heterocycles. The van der Waals surface area contributed by atoms with E-state index < -0.39 is 0 Å². The maximum atomic E-state index is 12.4. The number of ether oxygens (including phenoxy) is 1. The molecular weight excluding hydrogens is 368 g/mol. The summed E-state index contributed by atoms with van der Waals surface area (Å²) >= 11 is 5.98. The Labute approximate surface area is 163 Å². The lowest BCUT2D eigenvalue weighted by Gasteiger charge is -2.26. The largest absolute Gasteiger partial charge is 0.379 e. The van der Waals surface area contributed by atoms with Crippen LogP contribution in [0.25, 0.3) is 0 Å². The number of carbonyl (C=O) groups is 1. The number of benzene rings is 1. The molecule has 2 aromatic rings. The van der Waals surface area contributed by atoms with Gasteiger partial charge in [-0.3, -0.25) is 9.69 Å². The van der Waals surface area contributed by atoms with Gasteiger partial charge in [-0.2, -0.15) is 0 Å². The van der Waals surface area contributed by atoms with Crippen LogP contribution in [0.15, 0.2) is 30.6 Å². The van der Waals surface area contributed by atoms with Gasteiger partial charge in [0.05, 0.1) is 19.8 Å². The average molecular weight is 393 g/mol. The Morgan fingerprint density at radius 3 is 2.74 bits per heavy atom. The summed E-state index contributed by atoms with van der Waals surface area (Å²) in [7, 11) is 0. The van der Waals surface area contributed by atoms with Crippen LogP contribution in [-0.2, 0) is 16.1 Å². The lowest BCUT2D eigenvalue weighted by atomic mass is 9.95. The van der Waals surface area contributed by atoms with Crippen LogP contribution in [0.4, 0.5) is 0 Å². The van der Waals surface area contributed by atoms with Crippen molar-refractivity contribution in [2.75, 3.05) is 39.4 Å². The number of nitrogens with zero attached hydrogens (tertiary/aromatic N) is 5. The SMILES string of the molecule is O=C(C[C@H](Cn1cnnn1)c1ccc(Cl)cc1)NCCCN1CCOCC1. The van der Waals surface area contributed by atoms with Crippen molar-refractivity contribution in [2.24, 2.45) is 0 Å². The number of tetrazole rings is 1. The Morgan fingerprint density at radius 1 is 1.26 bits per heavy atom. The van der Waals surface area contributed by atoms with E-state index >= 15 is 0 Å². The number of hydrogen-bond acceptors (Lipinski definition) is 6. The number of morpholine rings is 1. The van der Waals surface area contributed by atoms with Crippen LogP contribution in [-0.4, -0.2) is 70.4 Å². The van der Waals surface area contributed by atoms with Crippen molar-refractivity contribution >= 4 is 17.5 Å². The molecule has 2 heterocycles. The van der Waals surface area contributed by atoms with Gasteiger partial charge in [-0.05, 0) is 41.1 Å². The first-order chi connectivity index (χ1) is 13.2. The molecule has 0 unspecified atom stereocenters. The topological polar surface area (TPSA) is 85.2 Å². The highest BCUT2D eigenvalue weighted by atomic mass is 35.5. The van der Waals surface area contributed by atoms with Crippen LogP contribution in [0.1, 0.15) is 24.3 Å². The summed E-state index contributed by atoms with van der Waals surface area (Å²) < 4.78 is 6.99. The zero-order valence-electron chi connectivity index (χ0n) is 15.3. The number of carbonyl (C=O) groups excluding carboxylic acids is 1. The summed E-state index contributed by atoms with van der Waals surface area (Å²) in [5.41, 5.74) is 1.04. The Hall–Kier alpha value is -2.03. The van der Waals surface area contributed by atoms with Gasteiger partial charge in [0, 0.05) is 37.0 Å². The molecule has 1 aliphatic heterocycles. The zero-order valence-corrected chi connectivity index (χ0v) is 16.0. The van der Waals surface area contributed by atoms with Crippen LogP contribution < -0.4 is 5.32 Å². The first-order valence-electron chi connectivity index (χ1n) is 9.24.